The third kappa shape index (κ3) is 2.46. The number of nitrogens with one attached hydrogen (secondary N) is 1. The summed E-state index contributed by atoms with van der Waals surface area (Å²) in [6.07, 6.45) is 4.60. The SMILES string of the molecule is CCC(C)C1NC(=O)C(C)(C2CC2)N(C/C=C/Cl)C1=O. The smallest absolute Gasteiger partial charge is 0.246 e. The van der Waals surface area contributed by atoms with E-state index in [1.165, 1.54) is 5.54 Å². The van der Waals surface area contributed by atoms with Crippen LogP contribution in [0.15, 0.2) is 11.6 Å². The first-order valence-corrected chi connectivity index (χ1v) is 7.78. The molecule has 2 amide bonds. The Bertz CT molecular complexity index is 434. The van der Waals surface area contributed by atoms with Crippen molar-refractivity contribution in [2.45, 2.75) is 51.6 Å². The zero-order valence-electron chi connectivity index (χ0n) is 12.4. The van der Waals surface area contributed by atoms with Crippen molar-refractivity contribution in [2.24, 2.45) is 11.8 Å². The maximum Gasteiger partial charge on any atom is 0.246 e. The summed E-state index contributed by atoms with van der Waals surface area (Å²) in [7, 11) is 0. The number of piperazine rings is 1. The standard InChI is InChI=1S/C15H23ClN2O2/c1-4-10(2)12-13(19)18(9-5-8-16)15(3,11-6-7-11)14(20)17-12/h5,8,10-12H,4,6-7,9H2,1-3H3,(H,17,20)/b8-5+. The van der Waals surface area contributed by atoms with E-state index in [9.17, 15) is 9.59 Å². The molecular weight excluding hydrogens is 276 g/mol. The average molecular weight is 299 g/mol. The van der Waals surface area contributed by atoms with Crippen molar-refractivity contribution >= 4 is 23.4 Å². The van der Waals surface area contributed by atoms with Gasteiger partial charge in [0.25, 0.3) is 0 Å². The Morgan fingerprint density at radius 2 is 2.15 bits per heavy atom. The Hall–Kier alpha value is -1.03. The number of carbonyl (C=O) groups is 2. The van der Waals surface area contributed by atoms with Crippen LogP contribution in [0.25, 0.3) is 0 Å². The molecule has 1 saturated heterocycles. The van der Waals surface area contributed by atoms with Gasteiger partial charge in [0.15, 0.2) is 0 Å². The Kier molecular flexibility index (Phi) is 4.43. The molecule has 2 fully saturated rings. The van der Waals surface area contributed by atoms with Crippen LogP contribution in [0.5, 0.6) is 0 Å². The lowest BCUT2D eigenvalue weighted by Crippen LogP contribution is -2.71. The maximum atomic E-state index is 12.8. The van der Waals surface area contributed by atoms with Crippen LogP contribution in [0.2, 0.25) is 0 Å². The van der Waals surface area contributed by atoms with Crippen LogP contribution in [0, 0.1) is 11.8 Å². The van der Waals surface area contributed by atoms with Crippen molar-refractivity contribution in [1.82, 2.24) is 10.2 Å². The Morgan fingerprint density at radius 1 is 1.50 bits per heavy atom. The summed E-state index contributed by atoms with van der Waals surface area (Å²) in [6, 6.07) is -0.414. The van der Waals surface area contributed by atoms with E-state index in [1.807, 2.05) is 20.8 Å². The van der Waals surface area contributed by atoms with Crippen molar-refractivity contribution in [3.8, 4) is 0 Å². The molecule has 1 saturated carbocycles. The van der Waals surface area contributed by atoms with Gasteiger partial charge < -0.3 is 10.2 Å². The molecule has 0 aromatic carbocycles. The highest BCUT2D eigenvalue weighted by molar-refractivity contribution is 6.25. The Labute approximate surface area is 125 Å². The normalized spacial score (nSPS) is 32.6. The summed E-state index contributed by atoms with van der Waals surface area (Å²) in [5, 5.41) is 2.95. The highest BCUT2D eigenvalue weighted by atomic mass is 35.5. The first kappa shape index (κ1) is 15.4. The molecule has 1 aliphatic carbocycles. The van der Waals surface area contributed by atoms with Crippen LogP contribution in [-0.2, 0) is 9.59 Å². The largest absolute Gasteiger partial charge is 0.342 e. The first-order chi connectivity index (χ1) is 9.46. The van der Waals surface area contributed by atoms with Crippen LogP contribution in [0.4, 0.5) is 0 Å². The molecule has 1 aliphatic heterocycles. The van der Waals surface area contributed by atoms with Crippen molar-refractivity contribution in [3.05, 3.63) is 11.6 Å². The lowest BCUT2D eigenvalue weighted by Gasteiger charge is -2.47. The highest BCUT2D eigenvalue weighted by Gasteiger charge is 2.57. The number of hydrogen-bond donors (Lipinski definition) is 1. The van der Waals surface area contributed by atoms with E-state index in [4.69, 9.17) is 11.6 Å². The summed E-state index contributed by atoms with van der Waals surface area (Å²) in [5.41, 5.74) is 0.683. The number of nitrogens with zero attached hydrogens (tertiary/aromatic N) is 1. The van der Waals surface area contributed by atoms with Gasteiger partial charge in [-0.1, -0.05) is 37.9 Å². The highest BCUT2D eigenvalue weighted by Crippen LogP contribution is 2.45. The second-order valence-electron chi connectivity index (χ2n) is 6.07. The fourth-order valence-corrected chi connectivity index (χ4v) is 3.05. The number of carbonyl (C=O) groups excluding carboxylic acids is 2. The van der Waals surface area contributed by atoms with Gasteiger partial charge >= 0.3 is 0 Å². The predicted octanol–water partition coefficient (Wildman–Crippen LogP) is 2.28. The van der Waals surface area contributed by atoms with E-state index >= 15 is 0 Å². The first-order valence-electron chi connectivity index (χ1n) is 7.34. The average Bonchev–Trinajstić information content (AvgIpc) is 3.26. The lowest BCUT2D eigenvalue weighted by atomic mass is 9.85. The second kappa shape index (κ2) is 5.76. The molecular formula is C15H23ClN2O2. The van der Waals surface area contributed by atoms with Crippen molar-refractivity contribution in [3.63, 3.8) is 0 Å². The summed E-state index contributed by atoms with van der Waals surface area (Å²) >= 11 is 5.60. The van der Waals surface area contributed by atoms with Gasteiger partial charge in [0, 0.05) is 12.1 Å². The molecule has 3 unspecified atom stereocenters. The molecule has 0 aromatic rings. The van der Waals surface area contributed by atoms with Crippen LogP contribution < -0.4 is 5.32 Å². The van der Waals surface area contributed by atoms with Gasteiger partial charge in [-0.05, 0) is 31.6 Å². The zero-order chi connectivity index (χ0) is 14.9. The minimum atomic E-state index is -0.725. The molecule has 0 bridgehead atoms. The molecule has 0 radical (unpaired) electrons. The van der Waals surface area contributed by atoms with Crippen LogP contribution in [0.1, 0.15) is 40.0 Å². The Morgan fingerprint density at radius 3 is 2.65 bits per heavy atom. The van der Waals surface area contributed by atoms with Gasteiger partial charge in [0.05, 0.1) is 0 Å². The number of halogens is 1. The van der Waals surface area contributed by atoms with Crippen molar-refractivity contribution < 1.29 is 9.59 Å². The van der Waals surface area contributed by atoms with E-state index < -0.39 is 11.6 Å². The molecule has 0 spiro atoms. The van der Waals surface area contributed by atoms with E-state index in [0.29, 0.717) is 6.54 Å². The Balaban J connectivity index is 2.31. The molecule has 112 valence electrons. The molecule has 3 atom stereocenters. The van der Waals surface area contributed by atoms with E-state index in [2.05, 4.69) is 5.32 Å². The summed E-state index contributed by atoms with van der Waals surface area (Å²) in [6.45, 7) is 6.31. The molecule has 2 aliphatic rings. The number of amides is 2. The summed E-state index contributed by atoms with van der Waals surface area (Å²) in [4.78, 5) is 27.1. The minimum Gasteiger partial charge on any atom is -0.342 e. The molecule has 4 nitrogen and oxygen atoms in total. The van der Waals surface area contributed by atoms with Gasteiger partial charge in [0.1, 0.15) is 11.6 Å². The molecule has 0 aromatic heterocycles. The van der Waals surface area contributed by atoms with Gasteiger partial charge in [0.2, 0.25) is 11.8 Å². The topological polar surface area (TPSA) is 49.4 Å². The second-order valence-corrected chi connectivity index (χ2v) is 6.32. The van der Waals surface area contributed by atoms with E-state index in [1.54, 1.807) is 11.0 Å². The number of hydrogen-bond acceptors (Lipinski definition) is 2. The summed E-state index contributed by atoms with van der Waals surface area (Å²) < 4.78 is 0. The van der Waals surface area contributed by atoms with Crippen molar-refractivity contribution in [1.29, 1.82) is 0 Å². The molecule has 2 rings (SSSR count). The van der Waals surface area contributed by atoms with Crippen LogP contribution >= 0.6 is 11.6 Å². The number of rotatable bonds is 5. The monoisotopic (exact) mass is 298 g/mol. The van der Waals surface area contributed by atoms with Crippen LogP contribution in [-0.4, -0.2) is 34.8 Å². The quantitative estimate of drug-likeness (QED) is 0.846. The van der Waals surface area contributed by atoms with Crippen molar-refractivity contribution in [2.75, 3.05) is 6.54 Å². The molecule has 5 heteroatoms. The predicted molar refractivity (Wildman–Crippen MR) is 79.2 cm³/mol. The molecule has 1 N–H and O–H groups in total. The van der Waals surface area contributed by atoms with Gasteiger partial charge in [-0.2, -0.15) is 0 Å². The van der Waals surface area contributed by atoms with Gasteiger partial charge in [-0.25, -0.2) is 0 Å². The van der Waals surface area contributed by atoms with Crippen LogP contribution in [0.3, 0.4) is 0 Å². The maximum absolute atomic E-state index is 12.8. The van der Waals surface area contributed by atoms with E-state index in [-0.39, 0.29) is 23.7 Å². The fraction of sp³-hybridized carbons (Fsp3) is 0.733. The minimum absolute atomic E-state index is 0.0168. The third-order valence-electron chi connectivity index (χ3n) is 4.80. The lowest BCUT2D eigenvalue weighted by molar-refractivity contribution is -0.158. The third-order valence-corrected chi connectivity index (χ3v) is 4.98. The van der Waals surface area contributed by atoms with E-state index in [0.717, 1.165) is 19.3 Å². The van der Waals surface area contributed by atoms with Gasteiger partial charge in [-0.15, -0.1) is 0 Å². The van der Waals surface area contributed by atoms with Gasteiger partial charge in [-0.3, -0.25) is 9.59 Å². The zero-order valence-corrected chi connectivity index (χ0v) is 13.1. The summed E-state index contributed by atoms with van der Waals surface area (Å²) in [5.74, 6) is 0.404. The molecule has 1 heterocycles. The fourth-order valence-electron chi connectivity index (χ4n) is 2.97. The molecule has 20 heavy (non-hydrogen) atoms.